The Labute approximate surface area is 151 Å². The zero-order valence-corrected chi connectivity index (χ0v) is 15.6. The topological polar surface area (TPSA) is 79.4 Å². The average molecular weight is 380 g/mol. The summed E-state index contributed by atoms with van der Waals surface area (Å²) < 4.78 is 26.9. The van der Waals surface area contributed by atoms with Gasteiger partial charge in [-0.05, 0) is 49.6 Å². The minimum atomic E-state index is -3.41. The predicted molar refractivity (Wildman–Crippen MR) is 96.8 cm³/mol. The Bertz CT molecular complexity index is 828. The lowest BCUT2D eigenvalue weighted by Crippen LogP contribution is -2.28. The lowest BCUT2D eigenvalue weighted by molar-refractivity contribution is -0.121. The van der Waals surface area contributed by atoms with Gasteiger partial charge in [0, 0.05) is 30.4 Å². The summed E-state index contributed by atoms with van der Waals surface area (Å²) in [7, 11) is -3.41. The van der Waals surface area contributed by atoms with Crippen molar-refractivity contribution in [3.8, 4) is 0 Å². The van der Waals surface area contributed by atoms with Crippen LogP contribution < -0.4 is 5.32 Å². The fraction of sp³-hybridized carbons (Fsp3) is 0.412. The average Bonchev–Trinajstić information content (AvgIpc) is 3.27. The van der Waals surface area contributed by atoms with Crippen LogP contribution in [0.15, 0.2) is 40.9 Å². The van der Waals surface area contributed by atoms with E-state index in [9.17, 15) is 13.2 Å². The van der Waals surface area contributed by atoms with E-state index in [4.69, 9.17) is 0 Å². The van der Waals surface area contributed by atoms with E-state index in [1.807, 2.05) is 19.1 Å². The molecule has 1 aliphatic rings. The maximum Gasteiger partial charge on any atom is 0.252 e. The fourth-order valence-electron chi connectivity index (χ4n) is 2.83. The molecule has 1 amide bonds. The highest BCUT2D eigenvalue weighted by Crippen LogP contribution is 2.27. The Balaban J connectivity index is 1.62. The van der Waals surface area contributed by atoms with E-state index < -0.39 is 10.0 Å². The second-order valence-electron chi connectivity index (χ2n) is 6.08. The van der Waals surface area contributed by atoms with E-state index in [1.54, 1.807) is 24.5 Å². The van der Waals surface area contributed by atoms with E-state index in [1.165, 1.54) is 15.6 Å². The number of aromatic nitrogens is 1. The third-order valence-corrected chi connectivity index (χ3v) is 7.67. The largest absolute Gasteiger partial charge is 0.349 e. The Morgan fingerprint density at radius 1 is 1.24 bits per heavy atom. The van der Waals surface area contributed by atoms with Crippen molar-refractivity contribution < 1.29 is 13.2 Å². The van der Waals surface area contributed by atoms with E-state index in [2.05, 4.69) is 10.3 Å². The number of sulfonamides is 1. The highest BCUT2D eigenvalue weighted by Gasteiger charge is 2.28. The molecule has 3 rings (SSSR count). The number of hydrogen-bond donors (Lipinski definition) is 1. The maximum absolute atomic E-state index is 12.5. The quantitative estimate of drug-likeness (QED) is 0.835. The van der Waals surface area contributed by atoms with Gasteiger partial charge in [0.25, 0.3) is 10.0 Å². The Morgan fingerprint density at radius 3 is 2.60 bits per heavy atom. The van der Waals surface area contributed by atoms with Crippen LogP contribution in [0.3, 0.4) is 0 Å². The van der Waals surface area contributed by atoms with Crippen molar-refractivity contribution in [2.24, 2.45) is 0 Å². The van der Waals surface area contributed by atoms with Crippen molar-refractivity contribution in [1.82, 2.24) is 14.6 Å². The van der Waals surface area contributed by atoms with Gasteiger partial charge in [-0.3, -0.25) is 9.78 Å². The third-order valence-electron chi connectivity index (χ3n) is 4.21. The van der Waals surface area contributed by atoms with Gasteiger partial charge in [0.05, 0.1) is 12.5 Å². The van der Waals surface area contributed by atoms with Gasteiger partial charge in [-0.2, -0.15) is 4.31 Å². The first-order valence-electron chi connectivity index (χ1n) is 8.25. The molecule has 0 aromatic carbocycles. The van der Waals surface area contributed by atoms with E-state index >= 15 is 0 Å². The molecule has 1 fully saturated rings. The summed E-state index contributed by atoms with van der Waals surface area (Å²) in [6.45, 7) is 3.07. The van der Waals surface area contributed by atoms with Crippen LogP contribution in [0.25, 0.3) is 0 Å². The monoisotopic (exact) mass is 379 g/mol. The Kier molecular flexibility index (Phi) is 5.51. The summed E-state index contributed by atoms with van der Waals surface area (Å²) in [4.78, 5) is 16.9. The highest BCUT2D eigenvalue weighted by molar-refractivity contribution is 7.91. The molecule has 0 spiro atoms. The molecule has 0 aliphatic carbocycles. The summed E-state index contributed by atoms with van der Waals surface area (Å²) in [5, 5.41) is 2.93. The van der Waals surface area contributed by atoms with Gasteiger partial charge in [0.1, 0.15) is 4.21 Å². The summed E-state index contributed by atoms with van der Waals surface area (Å²) in [5.74, 6) is -0.128. The highest BCUT2D eigenvalue weighted by atomic mass is 32.2. The molecule has 0 bridgehead atoms. The van der Waals surface area contributed by atoms with Gasteiger partial charge in [-0.1, -0.05) is 0 Å². The van der Waals surface area contributed by atoms with Gasteiger partial charge < -0.3 is 5.32 Å². The molecule has 3 heterocycles. The number of amides is 1. The number of carbonyl (C=O) groups excluding carboxylic acids is 1. The van der Waals surface area contributed by atoms with E-state index in [0.717, 1.165) is 23.3 Å². The van der Waals surface area contributed by atoms with Crippen LogP contribution in [0, 0.1) is 0 Å². The number of carbonyl (C=O) groups is 1. The Hall–Kier alpha value is -1.77. The molecule has 1 N–H and O–H groups in total. The number of nitrogens with zero attached hydrogens (tertiary/aromatic N) is 2. The zero-order valence-electron chi connectivity index (χ0n) is 14.0. The number of thiophene rings is 1. The molecule has 2 aromatic heterocycles. The van der Waals surface area contributed by atoms with Crippen molar-refractivity contribution in [3.05, 3.63) is 47.1 Å². The standard InChI is InChI=1S/C17H21N3O3S2/c1-13(14-6-8-18-9-7-14)19-16(21)12-15-4-5-17(24-15)25(22,23)20-10-2-3-11-20/h4-9,13H,2-3,10-12H2,1H3,(H,19,21). The first kappa shape index (κ1) is 18.0. The van der Waals surface area contributed by atoms with Crippen molar-refractivity contribution in [2.45, 2.75) is 36.4 Å². The number of hydrogen-bond acceptors (Lipinski definition) is 5. The van der Waals surface area contributed by atoms with Gasteiger partial charge in [0.15, 0.2) is 0 Å². The lowest BCUT2D eigenvalue weighted by atomic mass is 10.1. The first-order valence-corrected chi connectivity index (χ1v) is 10.5. The van der Waals surface area contributed by atoms with Crippen molar-refractivity contribution >= 4 is 27.3 Å². The summed E-state index contributed by atoms with van der Waals surface area (Å²) in [5.41, 5.74) is 0.979. The second-order valence-corrected chi connectivity index (χ2v) is 9.41. The van der Waals surface area contributed by atoms with Gasteiger partial charge in [-0.15, -0.1) is 11.3 Å². The van der Waals surface area contributed by atoms with Gasteiger partial charge >= 0.3 is 0 Å². The summed E-state index contributed by atoms with van der Waals surface area (Å²) in [6.07, 6.45) is 5.37. The second kappa shape index (κ2) is 7.63. The molecule has 25 heavy (non-hydrogen) atoms. The maximum atomic E-state index is 12.5. The van der Waals surface area contributed by atoms with Crippen LogP contribution in [-0.4, -0.2) is 36.7 Å². The summed E-state index contributed by atoms with van der Waals surface area (Å²) in [6, 6.07) is 6.92. The smallest absolute Gasteiger partial charge is 0.252 e. The van der Waals surface area contributed by atoms with Crippen LogP contribution >= 0.6 is 11.3 Å². The molecule has 2 aromatic rings. The van der Waals surface area contributed by atoms with Crippen LogP contribution in [0.1, 0.15) is 36.2 Å². The van der Waals surface area contributed by atoms with Gasteiger partial charge in [-0.25, -0.2) is 8.42 Å². The SMILES string of the molecule is CC(NC(=O)Cc1ccc(S(=O)(=O)N2CCCC2)s1)c1ccncc1. The fourth-order valence-corrected chi connectivity index (χ4v) is 5.86. The molecule has 1 unspecified atom stereocenters. The molecule has 8 heteroatoms. The third kappa shape index (κ3) is 4.26. The van der Waals surface area contributed by atoms with Crippen LogP contribution in [-0.2, 0) is 21.2 Å². The number of rotatable bonds is 6. The Morgan fingerprint density at radius 2 is 1.92 bits per heavy atom. The molecular formula is C17H21N3O3S2. The molecule has 0 saturated carbocycles. The molecule has 134 valence electrons. The minimum absolute atomic E-state index is 0.122. The molecule has 1 aliphatic heterocycles. The van der Waals surface area contributed by atoms with Crippen LogP contribution in [0.2, 0.25) is 0 Å². The molecule has 1 atom stereocenters. The summed E-state index contributed by atoms with van der Waals surface area (Å²) >= 11 is 1.18. The lowest BCUT2D eigenvalue weighted by Gasteiger charge is -2.14. The van der Waals surface area contributed by atoms with E-state index in [0.29, 0.717) is 17.3 Å². The van der Waals surface area contributed by atoms with E-state index in [-0.39, 0.29) is 18.4 Å². The minimum Gasteiger partial charge on any atom is -0.349 e. The molecule has 1 saturated heterocycles. The molecule has 6 nitrogen and oxygen atoms in total. The van der Waals surface area contributed by atoms with Crippen molar-refractivity contribution in [1.29, 1.82) is 0 Å². The van der Waals surface area contributed by atoms with Crippen LogP contribution in [0.5, 0.6) is 0 Å². The molecule has 0 radical (unpaired) electrons. The normalized spacial score (nSPS) is 16.7. The van der Waals surface area contributed by atoms with Crippen molar-refractivity contribution in [3.63, 3.8) is 0 Å². The van der Waals surface area contributed by atoms with Crippen molar-refractivity contribution in [2.75, 3.05) is 13.1 Å². The van der Waals surface area contributed by atoms with Crippen LogP contribution in [0.4, 0.5) is 0 Å². The number of nitrogens with one attached hydrogen (secondary N) is 1. The number of pyridine rings is 1. The van der Waals surface area contributed by atoms with Gasteiger partial charge in [0.2, 0.25) is 5.91 Å². The predicted octanol–water partition coefficient (Wildman–Crippen LogP) is 2.35. The zero-order chi connectivity index (χ0) is 17.9. The molecular weight excluding hydrogens is 358 g/mol. The first-order chi connectivity index (χ1) is 12.0.